The third-order valence-electron chi connectivity index (χ3n) is 6.40. The van der Waals surface area contributed by atoms with Crippen LogP contribution in [-0.4, -0.2) is 65.0 Å². The Bertz CT molecular complexity index is 1290. The fraction of sp³-hybridized carbons (Fsp3) is 0.400. The van der Waals surface area contributed by atoms with Gasteiger partial charge in [0.25, 0.3) is 5.91 Å². The lowest BCUT2D eigenvalue weighted by Gasteiger charge is -2.29. The summed E-state index contributed by atoms with van der Waals surface area (Å²) in [6.45, 7) is 0.182. The van der Waals surface area contributed by atoms with E-state index in [2.05, 4.69) is 20.6 Å². The molecule has 1 fully saturated rings. The van der Waals surface area contributed by atoms with E-state index in [0.717, 1.165) is 0 Å². The van der Waals surface area contributed by atoms with Crippen molar-refractivity contribution in [2.75, 3.05) is 37.9 Å². The Hall–Kier alpha value is -3.70. The number of ether oxygens (including phenoxy) is 1. The first-order valence-corrected chi connectivity index (χ1v) is 12.3. The summed E-state index contributed by atoms with van der Waals surface area (Å²) in [6.07, 6.45) is 3.53. The zero-order valence-corrected chi connectivity index (χ0v) is 21.2. The molecule has 1 aliphatic rings. The lowest BCUT2D eigenvalue weighted by atomic mass is 9.81. The van der Waals surface area contributed by atoms with E-state index >= 15 is 0 Å². The summed E-state index contributed by atoms with van der Waals surface area (Å²) in [4.78, 5) is 48.8. The van der Waals surface area contributed by atoms with Gasteiger partial charge in [-0.05, 0) is 43.9 Å². The van der Waals surface area contributed by atoms with E-state index in [1.165, 1.54) is 18.2 Å². The fourth-order valence-electron chi connectivity index (χ4n) is 4.37. The molecule has 37 heavy (non-hydrogen) atoms. The van der Waals surface area contributed by atoms with Gasteiger partial charge in [-0.2, -0.15) is 0 Å². The smallest absolute Gasteiger partial charge is 0.294 e. The molecule has 0 atom stereocenters. The molecule has 196 valence electrons. The van der Waals surface area contributed by atoms with Gasteiger partial charge in [-0.15, -0.1) is 0 Å². The maximum absolute atomic E-state index is 13.2. The van der Waals surface area contributed by atoms with Crippen molar-refractivity contribution in [3.8, 4) is 5.88 Å². The summed E-state index contributed by atoms with van der Waals surface area (Å²) in [5, 5.41) is 15.0. The number of carbonyl (C=O) groups is 3. The average Bonchev–Trinajstić information content (AvgIpc) is 3.27. The van der Waals surface area contributed by atoms with Gasteiger partial charge in [0.15, 0.2) is 5.58 Å². The van der Waals surface area contributed by atoms with Gasteiger partial charge < -0.3 is 29.8 Å². The van der Waals surface area contributed by atoms with E-state index in [1.54, 1.807) is 31.3 Å². The van der Waals surface area contributed by atoms with Crippen molar-refractivity contribution in [3.63, 3.8) is 0 Å². The number of fused-ring (bicyclic) bond motifs is 1. The number of carbonyl (C=O) groups excluding carboxylic acids is 3. The minimum Gasteiger partial charge on any atom is -0.481 e. The van der Waals surface area contributed by atoms with Gasteiger partial charge >= 0.3 is 0 Å². The SMILES string of the molecule is COc1ccc2oc(C(=O)Nc3ccc(Cl)cn3)c(NC(=O)C3CCC(C(=O)N(C)CCO)CC3)c2n1. The van der Waals surface area contributed by atoms with Crippen LogP contribution < -0.4 is 15.4 Å². The molecule has 3 N–H and O–H groups in total. The van der Waals surface area contributed by atoms with Crippen molar-refractivity contribution in [1.29, 1.82) is 0 Å². The van der Waals surface area contributed by atoms with Gasteiger partial charge in [0, 0.05) is 37.7 Å². The highest BCUT2D eigenvalue weighted by Gasteiger charge is 2.33. The van der Waals surface area contributed by atoms with E-state index < -0.39 is 5.91 Å². The Balaban J connectivity index is 1.53. The molecule has 4 rings (SSSR count). The minimum atomic E-state index is -0.622. The number of methoxy groups -OCH3 is 1. The second-order valence-corrected chi connectivity index (χ2v) is 9.28. The molecule has 1 aliphatic carbocycles. The van der Waals surface area contributed by atoms with Crippen LogP contribution in [0.3, 0.4) is 0 Å². The molecule has 0 aliphatic heterocycles. The molecular weight excluding hydrogens is 502 g/mol. The number of aromatic nitrogens is 2. The Morgan fingerprint density at radius 2 is 1.86 bits per heavy atom. The van der Waals surface area contributed by atoms with E-state index in [4.69, 9.17) is 25.9 Å². The highest BCUT2D eigenvalue weighted by molar-refractivity contribution is 6.30. The van der Waals surface area contributed by atoms with Gasteiger partial charge in [-0.25, -0.2) is 9.97 Å². The van der Waals surface area contributed by atoms with Crippen LogP contribution in [0.1, 0.15) is 36.2 Å². The maximum Gasteiger partial charge on any atom is 0.294 e. The normalized spacial score (nSPS) is 17.3. The Morgan fingerprint density at radius 1 is 1.14 bits per heavy atom. The van der Waals surface area contributed by atoms with Crippen LogP contribution in [0.15, 0.2) is 34.9 Å². The van der Waals surface area contributed by atoms with Crippen LogP contribution in [0.2, 0.25) is 5.02 Å². The van der Waals surface area contributed by atoms with Crippen LogP contribution in [0.5, 0.6) is 5.88 Å². The first-order valence-electron chi connectivity index (χ1n) is 11.9. The number of rotatable bonds is 8. The third kappa shape index (κ3) is 6.00. The minimum absolute atomic E-state index is 0.0280. The number of furan rings is 1. The molecule has 3 heterocycles. The van der Waals surface area contributed by atoms with Crippen molar-refractivity contribution in [2.24, 2.45) is 11.8 Å². The van der Waals surface area contributed by atoms with E-state index in [1.807, 2.05) is 0 Å². The standard InChI is InChI=1S/C25H28ClN5O6/c1-31(11-12-32)25(35)15-5-3-14(4-6-15)23(33)30-21-20-17(8-10-19(29-20)36-2)37-22(21)24(34)28-18-9-7-16(26)13-27-18/h7-10,13-15,32H,3-6,11-12H2,1-2H3,(H,30,33)(H,27,28,34). The molecule has 0 spiro atoms. The molecule has 1 saturated carbocycles. The van der Waals surface area contributed by atoms with Crippen molar-refractivity contribution in [3.05, 3.63) is 41.2 Å². The van der Waals surface area contributed by atoms with Crippen LogP contribution >= 0.6 is 11.6 Å². The van der Waals surface area contributed by atoms with Crippen LogP contribution in [0, 0.1) is 11.8 Å². The first-order chi connectivity index (χ1) is 17.8. The number of likely N-dealkylation sites (N-methyl/N-ethyl adjacent to an activating group) is 1. The average molecular weight is 530 g/mol. The van der Waals surface area contributed by atoms with Crippen molar-refractivity contribution in [2.45, 2.75) is 25.7 Å². The number of hydrogen-bond donors (Lipinski definition) is 3. The quantitative estimate of drug-likeness (QED) is 0.402. The predicted molar refractivity (Wildman–Crippen MR) is 137 cm³/mol. The second-order valence-electron chi connectivity index (χ2n) is 8.84. The summed E-state index contributed by atoms with van der Waals surface area (Å²) < 4.78 is 11.0. The van der Waals surface area contributed by atoms with Crippen LogP contribution in [0.4, 0.5) is 11.5 Å². The molecule has 0 unspecified atom stereocenters. The van der Waals surface area contributed by atoms with Crippen LogP contribution in [0.25, 0.3) is 11.1 Å². The topological polar surface area (TPSA) is 147 Å². The molecule has 11 nitrogen and oxygen atoms in total. The molecular formula is C25H28ClN5O6. The Morgan fingerprint density at radius 3 is 2.51 bits per heavy atom. The molecule has 12 heteroatoms. The number of hydrogen-bond acceptors (Lipinski definition) is 8. The molecule has 0 bridgehead atoms. The summed E-state index contributed by atoms with van der Waals surface area (Å²) in [5.41, 5.74) is 0.703. The number of nitrogens with one attached hydrogen (secondary N) is 2. The molecule has 3 amide bonds. The molecule has 3 aromatic rings. The fourth-order valence-corrected chi connectivity index (χ4v) is 4.48. The summed E-state index contributed by atoms with van der Waals surface area (Å²) >= 11 is 5.87. The van der Waals surface area contributed by atoms with Gasteiger partial charge in [0.1, 0.15) is 17.0 Å². The van der Waals surface area contributed by atoms with Crippen molar-refractivity contribution in [1.82, 2.24) is 14.9 Å². The number of halogens is 1. The van der Waals surface area contributed by atoms with Gasteiger partial charge in [-0.1, -0.05) is 11.6 Å². The Labute approximate surface area is 218 Å². The first kappa shape index (κ1) is 26.4. The molecule has 3 aromatic heterocycles. The molecule has 0 aromatic carbocycles. The summed E-state index contributed by atoms with van der Waals surface area (Å²) in [6, 6.07) is 6.32. The zero-order chi connectivity index (χ0) is 26.5. The van der Waals surface area contributed by atoms with E-state index in [-0.39, 0.29) is 59.6 Å². The highest BCUT2D eigenvalue weighted by atomic mass is 35.5. The number of pyridine rings is 2. The largest absolute Gasteiger partial charge is 0.481 e. The molecule has 0 radical (unpaired) electrons. The van der Waals surface area contributed by atoms with Crippen molar-refractivity contribution < 1.29 is 28.6 Å². The monoisotopic (exact) mass is 529 g/mol. The van der Waals surface area contributed by atoms with E-state index in [9.17, 15) is 14.4 Å². The van der Waals surface area contributed by atoms with Gasteiger partial charge in [-0.3, -0.25) is 14.4 Å². The third-order valence-corrected chi connectivity index (χ3v) is 6.62. The van der Waals surface area contributed by atoms with Crippen molar-refractivity contribution >= 4 is 51.9 Å². The predicted octanol–water partition coefficient (Wildman–Crippen LogP) is 3.33. The number of amides is 3. The zero-order valence-electron chi connectivity index (χ0n) is 20.5. The number of aliphatic hydroxyl groups is 1. The lowest BCUT2D eigenvalue weighted by Crippen LogP contribution is -2.38. The maximum atomic E-state index is 13.2. The van der Waals surface area contributed by atoms with Gasteiger partial charge in [0.2, 0.25) is 23.5 Å². The number of nitrogens with zero attached hydrogens (tertiary/aromatic N) is 3. The number of aliphatic hydroxyl groups excluding tert-OH is 1. The van der Waals surface area contributed by atoms with E-state index in [0.29, 0.717) is 42.2 Å². The Kier molecular flexibility index (Phi) is 8.24. The summed E-state index contributed by atoms with van der Waals surface area (Å²) in [7, 11) is 3.12. The lowest BCUT2D eigenvalue weighted by molar-refractivity contribution is -0.137. The highest BCUT2D eigenvalue weighted by Crippen LogP contribution is 2.35. The number of anilines is 2. The second kappa shape index (κ2) is 11.6. The molecule has 0 saturated heterocycles. The van der Waals surface area contributed by atoms with Gasteiger partial charge in [0.05, 0.1) is 18.7 Å². The van der Waals surface area contributed by atoms with Crippen LogP contribution in [-0.2, 0) is 9.59 Å². The summed E-state index contributed by atoms with van der Waals surface area (Å²) in [5.74, 6) is -1.06.